The zero-order chi connectivity index (χ0) is 23.1. The summed E-state index contributed by atoms with van der Waals surface area (Å²) < 4.78 is 2.62. The van der Waals surface area contributed by atoms with Crippen molar-refractivity contribution in [3.05, 3.63) is 114 Å². The topological polar surface area (TPSA) is 12.0 Å². The van der Waals surface area contributed by atoms with Crippen molar-refractivity contribution in [2.24, 2.45) is 0 Å². The molecule has 0 saturated heterocycles. The van der Waals surface area contributed by atoms with Crippen LogP contribution in [0.2, 0.25) is 0 Å². The maximum Gasteiger partial charge on any atom is 0.0590 e. The highest BCUT2D eigenvalue weighted by atomic mass is 32.1. The van der Waals surface area contributed by atoms with Gasteiger partial charge in [0.2, 0.25) is 0 Å². The van der Waals surface area contributed by atoms with Crippen LogP contribution in [-0.4, -0.2) is 0 Å². The summed E-state index contributed by atoms with van der Waals surface area (Å²) in [6, 6.07) is 35.0. The summed E-state index contributed by atoms with van der Waals surface area (Å²) in [5, 5.41) is 8.92. The van der Waals surface area contributed by atoms with Crippen molar-refractivity contribution in [2.45, 2.75) is 13.8 Å². The quantitative estimate of drug-likeness (QED) is 0.279. The third kappa shape index (κ3) is 3.48. The number of aryl methyl sites for hydroxylation is 1. The van der Waals surface area contributed by atoms with E-state index in [0.717, 1.165) is 11.4 Å². The first-order valence-corrected chi connectivity index (χ1v) is 12.5. The van der Waals surface area contributed by atoms with Gasteiger partial charge in [-0.1, -0.05) is 84.9 Å². The monoisotopic (exact) mass is 455 g/mol. The van der Waals surface area contributed by atoms with Crippen molar-refractivity contribution >= 4 is 59.7 Å². The molecule has 0 saturated carbocycles. The molecule has 0 radical (unpaired) electrons. The lowest BCUT2D eigenvalue weighted by Crippen LogP contribution is -1.92. The maximum atomic E-state index is 3.71. The second-order valence-electron chi connectivity index (χ2n) is 8.69. The van der Waals surface area contributed by atoms with E-state index in [1.807, 2.05) is 11.3 Å². The van der Waals surface area contributed by atoms with Gasteiger partial charge in [-0.3, -0.25) is 0 Å². The SMILES string of the molecule is C/C=C\c1c(C)cc(-c2cccc(Nc3cccc4c3sc3ccccc34)c2)c2ccccc12. The van der Waals surface area contributed by atoms with Gasteiger partial charge in [0.1, 0.15) is 0 Å². The molecule has 0 spiro atoms. The molecule has 0 aliphatic rings. The molecule has 1 aromatic heterocycles. The fourth-order valence-corrected chi connectivity index (χ4v) is 6.10. The predicted octanol–water partition coefficient (Wildman–Crippen LogP) is 9.96. The molecule has 6 aromatic rings. The lowest BCUT2D eigenvalue weighted by Gasteiger charge is -2.14. The second-order valence-corrected chi connectivity index (χ2v) is 9.74. The molecule has 1 N–H and O–H groups in total. The van der Waals surface area contributed by atoms with E-state index in [-0.39, 0.29) is 0 Å². The number of hydrogen-bond donors (Lipinski definition) is 1. The molecule has 0 aliphatic carbocycles. The van der Waals surface area contributed by atoms with Gasteiger partial charge in [-0.15, -0.1) is 11.3 Å². The zero-order valence-electron chi connectivity index (χ0n) is 19.3. The van der Waals surface area contributed by atoms with E-state index >= 15 is 0 Å². The highest BCUT2D eigenvalue weighted by Gasteiger charge is 2.12. The number of allylic oxidation sites excluding steroid dienone is 1. The summed E-state index contributed by atoms with van der Waals surface area (Å²) in [4.78, 5) is 0. The number of hydrogen-bond acceptors (Lipinski definition) is 2. The molecule has 5 aromatic carbocycles. The molecule has 164 valence electrons. The number of nitrogens with one attached hydrogen (secondary N) is 1. The highest BCUT2D eigenvalue weighted by Crippen LogP contribution is 2.40. The minimum Gasteiger partial charge on any atom is -0.354 e. The first kappa shape index (κ1) is 20.7. The standard InChI is InChI=1S/C32H25NS/c1-3-10-24-21(2)19-29(26-14-5-4-13-25(24)26)22-11-8-12-23(20-22)33-30-17-9-16-28-27-15-6-7-18-31(27)34-32(28)30/h3-20,33H,1-2H3/b10-3-. The minimum atomic E-state index is 1.10. The number of rotatable bonds is 4. The number of fused-ring (bicyclic) bond motifs is 4. The average Bonchev–Trinajstić information content (AvgIpc) is 3.26. The third-order valence-electron chi connectivity index (χ3n) is 6.48. The molecule has 0 unspecified atom stereocenters. The van der Waals surface area contributed by atoms with Crippen LogP contribution in [0.15, 0.2) is 103 Å². The van der Waals surface area contributed by atoms with Crippen molar-refractivity contribution in [1.82, 2.24) is 0 Å². The van der Waals surface area contributed by atoms with Crippen molar-refractivity contribution in [3.63, 3.8) is 0 Å². The van der Waals surface area contributed by atoms with Gasteiger partial charge in [-0.25, -0.2) is 0 Å². The van der Waals surface area contributed by atoms with Crippen LogP contribution in [0, 0.1) is 6.92 Å². The summed E-state index contributed by atoms with van der Waals surface area (Å²) >= 11 is 1.85. The minimum absolute atomic E-state index is 1.10. The Morgan fingerprint density at radius 2 is 1.44 bits per heavy atom. The van der Waals surface area contributed by atoms with Gasteiger partial charge in [-0.2, -0.15) is 0 Å². The van der Waals surface area contributed by atoms with Gasteiger partial charge in [0.25, 0.3) is 0 Å². The Bertz CT molecular complexity index is 1700. The molecule has 0 aliphatic heterocycles. The van der Waals surface area contributed by atoms with Crippen molar-refractivity contribution in [1.29, 1.82) is 0 Å². The average molecular weight is 456 g/mol. The lowest BCUT2D eigenvalue weighted by atomic mass is 9.91. The molecule has 1 nitrogen and oxygen atoms in total. The Kier molecular flexibility index (Phi) is 5.16. The molecule has 6 rings (SSSR count). The van der Waals surface area contributed by atoms with E-state index in [0.29, 0.717) is 0 Å². The van der Waals surface area contributed by atoms with Crippen LogP contribution in [-0.2, 0) is 0 Å². The van der Waals surface area contributed by atoms with Crippen molar-refractivity contribution in [2.75, 3.05) is 5.32 Å². The van der Waals surface area contributed by atoms with E-state index in [1.54, 1.807) is 0 Å². The molecule has 1 heterocycles. The van der Waals surface area contributed by atoms with Gasteiger partial charge < -0.3 is 5.32 Å². The fraction of sp³-hybridized carbons (Fsp3) is 0.0625. The van der Waals surface area contributed by atoms with Crippen LogP contribution in [0.3, 0.4) is 0 Å². The summed E-state index contributed by atoms with van der Waals surface area (Å²) in [6.45, 7) is 4.28. The van der Waals surface area contributed by atoms with E-state index in [9.17, 15) is 0 Å². The number of thiophene rings is 1. The summed E-state index contributed by atoms with van der Waals surface area (Å²) in [7, 11) is 0. The molecule has 2 heteroatoms. The Hall–Kier alpha value is -3.88. The summed E-state index contributed by atoms with van der Waals surface area (Å²) in [6.07, 6.45) is 4.33. The third-order valence-corrected chi connectivity index (χ3v) is 7.70. The predicted molar refractivity (Wildman–Crippen MR) is 151 cm³/mol. The smallest absolute Gasteiger partial charge is 0.0590 e. The fourth-order valence-electron chi connectivity index (χ4n) is 4.93. The van der Waals surface area contributed by atoms with Crippen molar-refractivity contribution < 1.29 is 0 Å². The van der Waals surface area contributed by atoms with Crippen LogP contribution >= 0.6 is 11.3 Å². The maximum absolute atomic E-state index is 3.71. The summed E-state index contributed by atoms with van der Waals surface area (Å²) in [5.41, 5.74) is 7.33. The Morgan fingerprint density at radius 1 is 0.706 bits per heavy atom. The Morgan fingerprint density at radius 3 is 2.29 bits per heavy atom. The molecule has 0 amide bonds. The zero-order valence-corrected chi connectivity index (χ0v) is 20.1. The molecular weight excluding hydrogens is 430 g/mol. The van der Waals surface area contributed by atoms with E-state index in [2.05, 4.69) is 128 Å². The Balaban J connectivity index is 1.46. The first-order valence-electron chi connectivity index (χ1n) is 11.7. The number of benzene rings is 5. The van der Waals surface area contributed by atoms with Crippen LogP contribution < -0.4 is 5.32 Å². The number of anilines is 2. The second kappa shape index (κ2) is 8.48. The van der Waals surface area contributed by atoms with E-state index < -0.39 is 0 Å². The van der Waals surface area contributed by atoms with Gasteiger partial charge in [0, 0.05) is 21.2 Å². The lowest BCUT2D eigenvalue weighted by molar-refractivity contribution is 1.47. The van der Waals surface area contributed by atoms with Gasteiger partial charge in [0.15, 0.2) is 0 Å². The molecule has 0 atom stereocenters. The normalized spacial score (nSPS) is 11.7. The molecule has 0 bridgehead atoms. The van der Waals surface area contributed by atoms with Crippen molar-refractivity contribution in [3.8, 4) is 11.1 Å². The molecular formula is C32H25NS. The first-order chi connectivity index (χ1) is 16.7. The molecule has 0 fully saturated rings. The van der Waals surface area contributed by atoms with Crippen LogP contribution in [0.5, 0.6) is 0 Å². The van der Waals surface area contributed by atoms with Gasteiger partial charge in [0.05, 0.1) is 10.4 Å². The van der Waals surface area contributed by atoms with Gasteiger partial charge >= 0.3 is 0 Å². The Labute approximate surface area is 204 Å². The van der Waals surface area contributed by atoms with Crippen LogP contribution in [0.25, 0.3) is 48.1 Å². The highest BCUT2D eigenvalue weighted by molar-refractivity contribution is 7.26. The van der Waals surface area contributed by atoms with Gasteiger partial charge in [-0.05, 0) is 71.1 Å². The van der Waals surface area contributed by atoms with E-state index in [4.69, 9.17) is 0 Å². The van der Waals surface area contributed by atoms with Crippen LogP contribution in [0.4, 0.5) is 11.4 Å². The van der Waals surface area contributed by atoms with Crippen LogP contribution in [0.1, 0.15) is 18.1 Å². The van der Waals surface area contributed by atoms with E-state index in [1.165, 1.54) is 53.2 Å². The molecule has 34 heavy (non-hydrogen) atoms. The largest absolute Gasteiger partial charge is 0.354 e. The summed E-state index contributed by atoms with van der Waals surface area (Å²) in [5.74, 6) is 0.